The molecule has 1 amide bonds. The summed E-state index contributed by atoms with van der Waals surface area (Å²) < 4.78 is 0. The quantitative estimate of drug-likeness (QED) is 0.482. The van der Waals surface area contributed by atoms with Gasteiger partial charge in [0.1, 0.15) is 0 Å². The molecule has 0 aromatic heterocycles. The van der Waals surface area contributed by atoms with E-state index in [1.807, 2.05) is 6.92 Å². The van der Waals surface area contributed by atoms with Crippen molar-refractivity contribution in [3.05, 3.63) is 0 Å². The van der Waals surface area contributed by atoms with Gasteiger partial charge in [-0.25, -0.2) is 4.79 Å². The van der Waals surface area contributed by atoms with Crippen molar-refractivity contribution in [2.24, 2.45) is 5.92 Å². The fraction of sp³-hybridized carbons (Fsp3) is 0.800. The maximum atomic E-state index is 11.6. The SMILES string of the molecule is CC1NCCC1C(=O)NCC[C@H](O)C(=O)O. The highest BCUT2D eigenvalue weighted by molar-refractivity contribution is 5.79. The fourth-order valence-electron chi connectivity index (χ4n) is 1.80. The summed E-state index contributed by atoms with van der Waals surface area (Å²) >= 11 is 0. The molecule has 6 nitrogen and oxygen atoms in total. The number of hydrogen-bond donors (Lipinski definition) is 4. The van der Waals surface area contributed by atoms with Gasteiger partial charge in [0.05, 0.1) is 5.92 Å². The topological polar surface area (TPSA) is 98.7 Å². The number of carbonyl (C=O) groups is 2. The van der Waals surface area contributed by atoms with Crippen molar-refractivity contribution in [1.82, 2.24) is 10.6 Å². The molecule has 4 N–H and O–H groups in total. The number of carbonyl (C=O) groups excluding carboxylic acids is 1. The molecule has 1 rings (SSSR count). The molecule has 1 saturated heterocycles. The monoisotopic (exact) mass is 230 g/mol. The molecule has 92 valence electrons. The molecule has 1 fully saturated rings. The molecule has 0 aliphatic carbocycles. The normalized spacial score (nSPS) is 26.4. The first-order valence-electron chi connectivity index (χ1n) is 5.44. The molecule has 3 atom stereocenters. The van der Waals surface area contributed by atoms with E-state index < -0.39 is 12.1 Å². The van der Waals surface area contributed by atoms with Crippen LogP contribution in [0.15, 0.2) is 0 Å². The van der Waals surface area contributed by atoms with Gasteiger partial charge in [0.25, 0.3) is 0 Å². The van der Waals surface area contributed by atoms with Gasteiger partial charge in [-0.1, -0.05) is 0 Å². The molecule has 1 heterocycles. The maximum absolute atomic E-state index is 11.6. The summed E-state index contributed by atoms with van der Waals surface area (Å²) in [6.45, 7) is 2.97. The zero-order chi connectivity index (χ0) is 12.1. The second kappa shape index (κ2) is 5.81. The Morgan fingerprint density at radius 1 is 1.56 bits per heavy atom. The van der Waals surface area contributed by atoms with Crippen LogP contribution in [0.5, 0.6) is 0 Å². The molecular formula is C10H18N2O4. The van der Waals surface area contributed by atoms with Crippen LogP contribution in [0.25, 0.3) is 0 Å². The Kier molecular flexibility index (Phi) is 4.70. The third-order valence-electron chi connectivity index (χ3n) is 2.86. The third kappa shape index (κ3) is 3.46. The minimum absolute atomic E-state index is 0.0373. The molecule has 6 heteroatoms. The lowest BCUT2D eigenvalue weighted by Crippen LogP contribution is -2.38. The summed E-state index contributed by atoms with van der Waals surface area (Å²) in [7, 11) is 0. The van der Waals surface area contributed by atoms with E-state index in [1.54, 1.807) is 0 Å². The van der Waals surface area contributed by atoms with Gasteiger partial charge in [0.15, 0.2) is 6.10 Å². The number of nitrogens with one attached hydrogen (secondary N) is 2. The third-order valence-corrected chi connectivity index (χ3v) is 2.86. The number of amides is 1. The Morgan fingerprint density at radius 2 is 2.25 bits per heavy atom. The molecule has 2 unspecified atom stereocenters. The van der Waals surface area contributed by atoms with Gasteiger partial charge in [-0.15, -0.1) is 0 Å². The molecule has 1 aliphatic rings. The van der Waals surface area contributed by atoms with Crippen LogP contribution in [-0.4, -0.2) is 47.3 Å². The average molecular weight is 230 g/mol. The van der Waals surface area contributed by atoms with E-state index in [0.717, 1.165) is 13.0 Å². The minimum atomic E-state index is -1.40. The number of aliphatic carboxylic acids is 1. The Hall–Kier alpha value is -1.14. The van der Waals surface area contributed by atoms with Gasteiger partial charge >= 0.3 is 5.97 Å². The second-order valence-electron chi connectivity index (χ2n) is 4.07. The number of hydrogen-bond acceptors (Lipinski definition) is 4. The lowest BCUT2D eigenvalue weighted by Gasteiger charge is -2.15. The Balaban J connectivity index is 2.22. The summed E-state index contributed by atoms with van der Waals surface area (Å²) in [5.74, 6) is -1.39. The highest BCUT2D eigenvalue weighted by atomic mass is 16.4. The summed E-state index contributed by atoms with van der Waals surface area (Å²) in [6, 6.07) is 0.157. The Bertz CT molecular complexity index is 270. The van der Waals surface area contributed by atoms with Crippen LogP contribution in [0.1, 0.15) is 19.8 Å². The van der Waals surface area contributed by atoms with Gasteiger partial charge in [-0.3, -0.25) is 4.79 Å². The lowest BCUT2D eigenvalue weighted by atomic mass is 10.0. The Labute approximate surface area is 94.0 Å². The number of aliphatic hydroxyl groups excluding tert-OH is 1. The van der Waals surface area contributed by atoms with Crippen molar-refractivity contribution < 1.29 is 19.8 Å². The van der Waals surface area contributed by atoms with Gasteiger partial charge in [0.2, 0.25) is 5.91 Å². The molecule has 0 aromatic rings. The van der Waals surface area contributed by atoms with Gasteiger partial charge < -0.3 is 20.8 Å². The van der Waals surface area contributed by atoms with E-state index in [-0.39, 0.29) is 30.8 Å². The van der Waals surface area contributed by atoms with E-state index in [9.17, 15) is 9.59 Å². The van der Waals surface area contributed by atoms with Crippen molar-refractivity contribution in [3.8, 4) is 0 Å². The van der Waals surface area contributed by atoms with Crippen LogP contribution >= 0.6 is 0 Å². The summed E-state index contributed by atoms with van der Waals surface area (Å²) in [4.78, 5) is 21.9. The summed E-state index contributed by atoms with van der Waals surface area (Å²) in [5.41, 5.74) is 0. The maximum Gasteiger partial charge on any atom is 0.332 e. The number of rotatable bonds is 5. The smallest absolute Gasteiger partial charge is 0.332 e. The van der Waals surface area contributed by atoms with Gasteiger partial charge in [-0.2, -0.15) is 0 Å². The first-order chi connectivity index (χ1) is 7.52. The van der Waals surface area contributed by atoms with Crippen molar-refractivity contribution in [2.45, 2.75) is 31.9 Å². The van der Waals surface area contributed by atoms with Crippen molar-refractivity contribution in [2.75, 3.05) is 13.1 Å². The first kappa shape index (κ1) is 12.9. The van der Waals surface area contributed by atoms with Crippen LogP contribution in [-0.2, 0) is 9.59 Å². The van der Waals surface area contributed by atoms with Crippen LogP contribution in [0.3, 0.4) is 0 Å². The van der Waals surface area contributed by atoms with Crippen LogP contribution in [0.4, 0.5) is 0 Å². The van der Waals surface area contributed by atoms with Crippen LogP contribution in [0.2, 0.25) is 0 Å². The average Bonchev–Trinajstić information content (AvgIpc) is 2.64. The molecular weight excluding hydrogens is 212 g/mol. The van der Waals surface area contributed by atoms with E-state index in [2.05, 4.69) is 10.6 Å². The Morgan fingerprint density at radius 3 is 2.75 bits per heavy atom. The van der Waals surface area contributed by atoms with Crippen LogP contribution in [0, 0.1) is 5.92 Å². The predicted molar refractivity (Wildman–Crippen MR) is 56.8 cm³/mol. The fourth-order valence-corrected chi connectivity index (χ4v) is 1.80. The molecule has 0 radical (unpaired) electrons. The standard InChI is InChI=1S/C10H18N2O4/c1-6-7(2-4-11-6)9(14)12-5-3-8(13)10(15)16/h6-8,11,13H,2-5H2,1H3,(H,12,14)(H,15,16)/t6?,7?,8-/m0/s1. The number of carboxylic acid groups (broad SMARTS) is 1. The molecule has 0 spiro atoms. The number of carboxylic acids is 1. The zero-order valence-corrected chi connectivity index (χ0v) is 9.27. The van der Waals surface area contributed by atoms with Crippen molar-refractivity contribution in [3.63, 3.8) is 0 Å². The van der Waals surface area contributed by atoms with Crippen molar-refractivity contribution in [1.29, 1.82) is 0 Å². The predicted octanol–water partition coefficient (Wildman–Crippen LogP) is -1.06. The zero-order valence-electron chi connectivity index (χ0n) is 9.27. The number of aliphatic hydroxyl groups is 1. The van der Waals surface area contributed by atoms with Crippen molar-refractivity contribution >= 4 is 11.9 Å². The lowest BCUT2D eigenvalue weighted by molar-refractivity contribution is -0.147. The highest BCUT2D eigenvalue weighted by Crippen LogP contribution is 2.14. The van der Waals surface area contributed by atoms with E-state index in [1.165, 1.54) is 0 Å². The van der Waals surface area contributed by atoms with Gasteiger partial charge in [-0.05, 0) is 19.9 Å². The molecule has 0 bridgehead atoms. The first-order valence-corrected chi connectivity index (χ1v) is 5.44. The van der Waals surface area contributed by atoms with Crippen LogP contribution < -0.4 is 10.6 Å². The van der Waals surface area contributed by atoms with E-state index >= 15 is 0 Å². The summed E-state index contributed by atoms with van der Waals surface area (Å²) in [6.07, 6.45) is -0.566. The molecule has 0 aromatic carbocycles. The molecule has 16 heavy (non-hydrogen) atoms. The second-order valence-corrected chi connectivity index (χ2v) is 4.07. The highest BCUT2D eigenvalue weighted by Gasteiger charge is 2.29. The van der Waals surface area contributed by atoms with E-state index in [4.69, 9.17) is 10.2 Å². The van der Waals surface area contributed by atoms with E-state index in [0.29, 0.717) is 0 Å². The minimum Gasteiger partial charge on any atom is -0.479 e. The van der Waals surface area contributed by atoms with Gasteiger partial charge in [0, 0.05) is 19.0 Å². The summed E-state index contributed by atoms with van der Waals surface area (Å²) in [5, 5.41) is 23.2. The largest absolute Gasteiger partial charge is 0.479 e. The molecule has 1 aliphatic heterocycles. The molecule has 0 saturated carbocycles.